The fourth-order valence-corrected chi connectivity index (χ4v) is 2.77. The van der Waals surface area contributed by atoms with Crippen LogP contribution in [0.1, 0.15) is 12.5 Å². The summed E-state index contributed by atoms with van der Waals surface area (Å²) in [5.74, 6) is -0.735. The molecule has 0 saturated carbocycles. The van der Waals surface area contributed by atoms with Crippen LogP contribution in [0.2, 0.25) is 0 Å². The second kappa shape index (κ2) is 4.72. The Kier molecular flexibility index (Phi) is 3.74. The normalized spacial score (nSPS) is 13.3. The number of nitrogen functional groups attached to an aromatic ring is 1. The first kappa shape index (κ1) is 13.5. The van der Waals surface area contributed by atoms with Crippen molar-refractivity contribution in [3.8, 4) is 0 Å². The molecule has 1 unspecified atom stereocenters. The van der Waals surface area contributed by atoms with E-state index in [1.807, 2.05) is 0 Å². The zero-order chi connectivity index (χ0) is 13.2. The van der Waals surface area contributed by atoms with Crippen LogP contribution in [0.3, 0.4) is 0 Å². The summed E-state index contributed by atoms with van der Waals surface area (Å²) in [5, 5.41) is 0. The molecule has 0 aliphatic carbocycles. The first-order valence-electron chi connectivity index (χ1n) is 4.92. The fourth-order valence-electron chi connectivity index (χ4n) is 1.33. The summed E-state index contributed by atoms with van der Waals surface area (Å²) < 4.78 is 26.0. The zero-order valence-electron chi connectivity index (χ0n) is 9.60. The Morgan fingerprint density at radius 2 is 2.00 bits per heavy atom. The van der Waals surface area contributed by atoms with Crippen LogP contribution in [-0.4, -0.2) is 20.4 Å². The van der Waals surface area contributed by atoms with Gasteiger partial charge in [-0.1, -0.05) is 0 Å². The molecule has 17 heavy (non-hydrogen) atoms. The first-order chi connectivity index (χ1) is 7.74. The van der Waals surface area contributed by atoms with E-state index in [9.17, 15) is 13.2 Å². The van der Waals surface area contributed by atoms with Crippen LogP contribution in [0.4, 0.5) is 5.69 Å². The van der Waals surface area contributed by atoms with Gasteiger partial charge in [-0.05, 0) is 37.6 Å². The molecule has 0 saturated heterocycles. The molecule has 1 aromatic carbocycles. The van der Waals surface area contributed by atoms with E-state index >= 15 is 0 Å². The van der Waals surface area contributed by atoms with Gasteiger partial charge in [0.05, 0.1) is 10.9 Å². The molecule has 0 aromatic heterocycles. The van der Waals surface area contributed by atoms with Gasteiger partial charge < -0.3 is 11.5 Å². The topological polar surface area (TPSA) is 115 Å². The highest BCUT2D eigenvalue weighted by Gasteiger charge is 2.21. The third-order valence-corrected chi connectivity index (χ3v) is 3.95. The van der Waals surface area contributed by atoms with Gasteiger partial charge in [0.15, 0.2) is 0 Å². The lowest BCUT2D eigenvalue weighted by Gasteiger charge is -2.12. The van der Waals surface area contributed by atoms with Gasteiger partial charge in [-0.3, -0.25) is 4.79 Å². The number of carbonyl (C=O) groups is 1. The monoisotopic (exact) mass is 257 g/mol. The van der Waals surface area contributed by atoms with Crippen molar-refractivity contribution in [3.63, 3.8) is 0 Å². The van der Waals surface area contributed by atoms with Gasteiger partial charge in [-0.15, -0.1) is 0 Å². The first-order valence-corrected chi connectivity index (χ1v) is 6.40. The number of primary amides is 1. The molecular weight excluding hydrogens is 242 g/mol. The summed E-state index contributed by atoms with van der Waals surface area (Å²) in [6.07, 6.45) is 0. The maximum Gasteiger partial charge on any atom is 0.241 e. The summed E-state index contributed by atoms with van der Waals surface area (Å²) in [7, 11) is -3.76. The average molecular weight is 257 g/mol. The van der Waals surface area contributed by atoms with Gasteiger partial charge >= 0.3 is 0 Å². The van der Waals surface area contributed by atoms with Crippen molar-refractivity contribution < 1.29 is 13.2 Å². The van der Waals surface area contributed by atoms with Crippen molar-refractivity contribution >= 4 is 21.6 Å². The maximum absolute atomic E-state index is 11.9. The lowest BCUT2D eigenvalue weighted by atomic mass is 10.2. The van der Waals surface area contributed by atoms with Crippen molar-refractivity contribution in [2.24, 2.45) is 5.73 Å². The number of sulfonamides is 1. The zero-order valence-corrected chi connectivity index (χ0v) is 10.4. The predicted octanol–water partition coefficient (Wildman–Crippen LogP) is -0.271. The molecule has 0 fully saturated rings. The van der Waals surface area contributed by atoms with E-state index in [2.05, 4.69) is 4.72 Å². The number of nitrogens with one attached hydrogen (secondary N) is 1. The van der Waals surface area contributed by atoms with E-state index in [0.717, 1.165) is 0 Å². The van der Waals surface area contributed by atoms with Crippen molar-refractivity contribution in [1.82, 2.24) is 4.72 Å². The molecule has 94 valence electrons. The standard InChI is InChI=1S/C10H15N3O3S/c1-6-5-8(11)3-4-9(6)17(15,16)13-7(2)10(12)14/h3-5,7,13H,11H2,1-2H3,(H2,12,14). The molecule has 1 amide bonds. The van der Waals surface area contributed by atoms with E-state index in [4.69, 9.17) is 11.5 Å². The van der Waals surface area contributed by atoms with Gasteiger partial charge in [0.25, 0.3) is 0 Å². The summed E-state index contributed by atoms with van der Waals surface area (Å²) in [4.78, 5) is 10.9. The second-order valence-electron chi connectivity index (χ2n) is 3.77. The molecule has 6 nitrogen and oxygen atoms in total. The minimum atomic E-state index is -3.76. The Balaban J connectivity index is 3.10. The molecule has 1 rings (SSSR count). The van der Waals surface area contributed by atoms with Crippen molar-refractivity contribution in [2.75, 3.05) is 5.73 Å². The summed E-state index contributed by atoms with van der Waals surface area (Å²) in [6, 6.07) is 3.46. The fraction of sp³-hybridized carbons (Fsp3) is 0.300. The van der Waals surface area contributed by atoms with Gasteiger partial charge in [0.1, 0.15) is 0 Å². The highest BCUT2D eigenvalue weighted by molar-refractivity contribution is 7.89. The van der Waals surface area contributed by atoms with Crippen LogP contribution in [0.15, 0.2) is 23.1 Å². The Morgan fingerprint density at radius 3 is 2.47 bits per heavy atom. The highest BCUT2D eigenvalue weighted by atomic mass is 32.2. The minimum Gasteiger partial charge on any atom is -0.399 e. The number of amides is 1. The van der Waals surface area contributed by atoms with Gasteiger partial charge in [0.2, 0.25) is 15.9 Å². The van der Waals surface area contributed by atoms with Crippen molar-refractivity contribution in [1.29, 1.82) is 0 Å². The quantitative estimate of drug-likeness (QED) is 0.644. The van der Waals surface area contributed by atoms with E-state index < -0.39 is 22.0 Å². The SMILES string of the molecule is Cc1cc(N)ccc1S(=O)(=O)NC(C)C(N)=O. The molecule has 0 aliphatic rings. The lowest BCUT2D eigenvalue weighted by Crippen LogP contribution is -2.42. The van der Waals surface area contributed by atoms with Crippen molar-refractivity contribution in [3.05, 3.63) is 23.8 Å². The molecule has 1 aromatic rings. The van der Waals surface area contributed by atoms with Crippen molar-refractivity contribution in [2.45, 2.75) is 24.8 Å². The Hall–Kier alpha value is -1.60. The predicted molar refractivity (Wildman–Crippen MR) is 64.6 cm³/mol. The molecule has 1 atom stereocenters. The van der Waals surface area contributed by atoms with Crippen LogP contribution in [-0.2, 0) is 14.8 Å². The Labute approximate surface area is 100 Å². The second-order valence-corrected chi connectivity index (χ2v) is 5.45. The third-order valence-electron chi connectivity index (χ3n) is 2.25. The largest absolute Gasteiger partial charge is 0.399 e. The molecule has 0 radical (unpaired) electrons. The summed E-state index contributed by atoms with van der Waals surface area (Å²) >= 11 is 0. The average Bonchev–Trinajstić information content (AvgIpc) is 2.15. The molecule has 0 heterocycles. The number of hydrogen-bond donors (Lipinski definition) is 3. The number of carbonyl (C=O) groups excluding carboxylic acids is 1. The molecule has 0 spiro atoms. The molecular formula is C10H15N3O3S. The van der Waals surface area contributed by atoms with Crippen LogP contribution in [0.25, 0.3) is 0 Å². The number of hydrogen-bond acceptors (Lipinski definition) is 4. The number of aryl methyl sites for hydroxylation is 1. The number of anilines is 1. The maximum atomic E-state index is 11.9. The van der Waals surface area contributed by atoms with E-state index in [-0.39, 0.29) is 4.90 Å². The Morgan fingerprint density at radius 1 is 1.41 bits per heavy atom. The highest BCUT2D eigenvalue weighted by Crippen LogP contribution is 2.17. The molecule has 0 bridgehead atoms. The van der Waals surface area contributed by atoms with Crippen LogP contribution >= 0.6 is 0 Å². The van der Waals surface area contributed by atoms with E-state index in [1.54, 1.807) is 13.0 Å². The number of rotatable bonds is 4. The molecule has 7 heteroatoms. The van der Waals surface area contributed by atoms with Crippen LogP contribution < -0.4 is 16.2 Å². The summed E-state index contributed by atoms with van der Waals surface area (Å²) in [6.45, 7) is 3.01. The van der Waals surface area contributed by atoms with E-state index in [0.29, 0.717) is 11.3 Å². The van der Waals surface area contributed by atoms with Gasteiger partial charge in [-0.2, -0.15) is 4.72 Å². The smallest absolute Gasteiger partial charge is 0.241 e. The van der Waals surface area contributed by atoms with Gasteiger partial charge in [-0.25, -0.2) is 8.42 Å². The van der Waals surface area contributed by atoms with Crippen LogP contribution in [0, 0.1) is 6.92 Å². The minimum absolute atomic E-state index is 0.0831. The Bertz CT molecular complexity index is 540. The van der Waals surface area contributed by atoms with Crippen LogP contribution in [0.5, 0.6) is 0 Å². The summed E-state index contributed by atoms with van der Waals surface area (Å²) in [5.41, 5.74) is 11.5. The van der Waals surface area contributed by atoms with E-state index in [1.165, 1.54) is 19.1 Å². The number of nitrogens with two attached hydrogens (primary N) is 2. The third kappa shape index (κ3) is 3.18. The number of benzene rings is 1. The lowest BCUT2D eigenvalue weighted by molar-refractivity contribution is -0.119. The van der Waals surface area contributed by atoms with Gasteiger partial charge in [0, 0.05) is 5.69 Å². The molecule has 5 N–H and O–H groups in total. The molecule has 0 aliphatic heterocycles.